The summed E-state index contributed by atoms with van der Waals surface area (Å²) in [6, 6.07) is 16.6. The van der Waals surface area contributed by atoms with Gasteiger partial charge in [-0.3, -0.25) is 4.98 Å². The second kappa shape index (κ2) is 20.3. The van der Waals surface area contributed by atoms with Crippen LogP contribution in [0.15, 0.2) is 54.7 Å². The van der Waals surface area contributed by atoms with Gasteiger partial charge in [0, 0.05) is 24.1 Å². The van der Waals surface area contributed by atoms with Gasteiger partial charge in [0.2, 0.25) is 0 Å². The van der Waals surface area contributed by atoms with Gasteiger partial charge in [-0.15, -0.1) is 10.1 Å². The Morgan fingerprint density at radius 3 is 1.81 bits per heavy atom. The molecule has 0 radical (unpaired) electrons. The van der Waals surface area contributed by atoms with Gasteiger partial charge in [0.1, 0.15) is 5.60 Å². The van der Waals surface area contributed by atoms with Crippen LogP contribution in [0.5, 0.6) is 0 Å². The van der Waals surface area contributed by atoms with Gasteiger partial charge in [0.15, 0.2) is 0 Å². The largest absolute Gasteiger partial charge is 4.00 e. The monoisotopic (exact) mass is 656 g/mol. The van der Waals surface area contributed by atoms with Crippen LogP contribution in [0.1, 0.15) is 20.8 Å². The van der Waals surface area contributed by atoms with E-state index in [4.69, 9.17) is 25.5 Å². The van der Waals surface area contributed by atoms with E-state index in [0.29, 0.717) is 0 Å². The molecule has 13 heteroatoms. The molecule has 2 aromatic carbocycles. The molecule has 0 spiro atoms. The number of ether oxygens (including phenoxy) is 1. The molecule has 1 heterocycles. The molecule has 0 fully saturated rings. The molecule has 0 aliphatic heterocycles. The smallest absolute Gasteiger partial charge is 1.00 e. The summed E-state index contributed by atoms with van der Waals surface area (Å²) >= 11 is 0. The van der Waals surface area contributed by atoms with Crippen molar-refractivity contribution in [1.82, 2.24) is 17.3 Å². The van der Waals surface area contributed by atoms with Gasteiger partial charge in [-0.1, -0.05) is 42.5 Å². The zero-order valence-electron chi connectivity index (χ0n) is 18.2. The van der Waals surface area contributed by atoms with Crippen molar-refractivity contribution < 1.29 is 63.5 Å². The van der Waals surface area contributed by atoms with E-state index in [-0.39, 0.29) is 45.8 Å². The molecular formula is C19H30ClN4O7Pt+3. The molecule has 11 nitrogen and oxygen atoms in total. The van der Waals surface area contributed by atoms with E-state index >= 15 is 0 Å². The number of hydrogen-bond acceptors (Lipinski definition) is 8. The Kier molecular flexibility index (Phi) is 25.3. The summed E-state index contributed by atoms with van der Waals surface area (Å²) in [6.07, 6.45) is 0.704. The summed E-state index contributed by atoms with van der Waals surface area (Å²) in [6.45, 7) is 5.04. The number of para-hydroxylation sites is 1. The molecule has 0 bridgehead atoms. The van der Waals surface area contributed by atoms with Crippen LogP contribution < -0.4 is 24.7 Å². The minimum Gasteiger partial charge on any atom is -1.00 e. The number of carboxylic acid groups (broad SMARTS) is 1. The first-order valence-corrected chi connectivity index (χ1v) is 8.02. The number of nitrogens with zero attached hydrogens (tertiary/aromatic N) is 2. The molecule has 3 rings (SSSR count). The van der Waals surface area contributed by atoms with Crippen LogP contribution in [0.3, 0.4) is 0 Å². The number of benzene rings is 2. The minimum absolute atomic E-state index is 0. The van der Waals surface area contributed by atoms with E-state index in [1.807, 2.05) is 24.4 Å². The van der Waals surface area contributed by atoms with E-state index < -0.39 is 16.8 Å². The Morgan fingerprint density at radius 1 is 1.00 bits per heavy atom. The predicted molar refractivity (Wildman–Crippen MR) is 115 cm³/mol. The van der Waals surface area contributed by atoms with E-state index in [0.717, 1.165) is 12.6 Å². The summed E-state index contributed by atoms with van der Waals surface area (Å²) in [5, 5.41) is 32.4. The normalized spacial score (nSPS) is 8.41. The first kappa shape index (κ1) is 39.9. The molecule has 0 atom stereocenters. The summed E-state index contributed by atoms with van der Waals surface area (Å²) in [7, 11) is 1.00. The molecule has 0 aliphatic rings. The summed E-state index contributed by atoms with van der Waals surface area (Å²) < 4.78 is 4.35. The topological polar surface area (TPSA) is 213 Å². The number of hydrogen-bond donors (Lipinski definition) is 5. The zero-order valence-corrected chi connectivity index (χ0v) is 21.2. The maximum Gasteiger partial charge on any atom is 4.00 e. The zero-order chi connectivity index (χ0) is 21.7. The summed E-state index contributed by atoms with van der Waals surface area (Å²) in [4.78, 5) is 22.6. The number of aliphatic hydroxyl groups is 1. The number of fused-ring (bicyclic) bond motifs is 3. The van der Waals surface area contributed by atoms with Crippen LogP contribution in [0.4, 0.5) is 4.79 Å². The molecule has 182 valence electrons. The van der Waals surface area contributed by atoms with E-state index in [9.17, 15) is 4.79 Å². The van der Waals surface area contributed by atoms with Crippen LogP contribution in [0, 0.1) is 10.1 Å². The van der Waals surface area contributed by atoms with Crippen molar-refractivity contribution in [2.75, 3.05) is 7.11 Å². The number of carbonyl (C=O) groups is 1. The van der Waals surface area contributed by atoms with Crippen molar-refractivity contribution in [3.8, 4) is 0 Å². The summed E-state index contributed by atoms with van der Waals surface area (Å²) in [5.41, 5.74) is 0.484. The number of rotatable bonds is 0. The van der Waals surface area contributed by atoms with Gasteiger partial charge in [-0.05, 0) is 32.2 Å². The van der Waals surface area contributed by atoms with Crippen molar-refractivity contribution in [2.45, 2.75) is 26.4 Å². The van der Waals surface area contributed by atoms with Gasteiger partial charge in [-0.25, -0.2) is 4.79 Å². The standard InChI is InChI=1S/C13H9N.C5H10O3.CH4O.ClH.HNO3.2H3N.Pt/c1-2-6-11-10(5-1)9-14-13-8-4-3-7-12(11)13;1-5(2,3)8-4(6)7;1-2;;2-1(3)4;;;/h1-9H;1-3H3,(H,6,7);2H,1H3;1H;(H,2,3,4);2*1H3;/q;;;;;;;+4/p-1. The predicted octanol–water partition coefficient (Wildman–Crippen LogP) is 1.45. The molecule has 1 aromatic heterocycles. The Hall–Kier alpha value is -2.56. The average Bonchev–Trinajstić information content (AvgIpc) is 2.61. The number of aromatic nitrogens is 1. The molecule has 3 aromatic rings. The van der Waals surface area contributed by atoms with Crippen molar-refractivity contribution >= 4 is 27.8 Å². The molecule has 0 saturated heterocycles. The second-order valence-corrected chi connectivity index (χ2v) is 6.08. The van der Waals surface area contributed by atoms with Crippen LogP contribution in [0.25, 0.3) is 21.7 Å². The van der Waals surface area contributed by atoms with Gasteiger partial charge in [0.05, 0.1) is 5.52 Å². The fraction of sp³-hybridized carbons (Fsp3) is 0.263. The number of pyridine rings is 1. The third-order valence-corrected chi connectivity index (χ3v) is 2.89. The molecular weight excluding hydrogens is 627 g/mol. The van der Waals surface area contributed by atoms with Gasteiger partial charge in [-0.2, -0.15) is 0 Å². The van der Waals surface area contributed by atoms with Gasteiger partial charge in [0.25, 0.3) is 5.09 Å². The van der Waals surface area contributed by atoms with Crippen molar-refractivity contribution in [3.63, 3.8) is 0 Å². The van der Waals surface area contributed by atoms with Crippen LogP contribution in [0.2, 0.25) is 0 Å². The van der Waals surface area contributed by atoms with E-state index in [1.165, 1.54) is 16.2 Å². The molecule has 9 N–H and O–H groups in total. The third kappa shape index (κ3) is 17.2. The van der Waals surface area contributed by atoms with E-state index in [2.05, 4.69) is 40.1 Å². The van der Waals surface area contributed by atoms with Crippen molar-refractivity contribution in [1.29, 1.82) is 0 Å². The summed E-state index contributed by atoms with van der Waals surface area (Å²) in [5.74, 6) is 0. The Morgan fingerprint density at radius 2 is 1.41 bits per heavy atom. The van der Waals surface area contributed by atoms with Crippen molar-refractivity contribution in [2.24, 2.45) is 0 Å². The minimum atomic E-state index is -1.50. The second-order valence-electron chi connectivity index (χ2n) is 6.08. The fourth-order valence-electron chi connectivity index (χ4n) is 2.07. The molecule has 0 unspecified atom stereocenters. The molecule has 32 heavy (non-hydrogen) atoms. The Labute approximate surface area is 206 Å². The average molecular weight is 657 g/mol. The SMILES string of the molecule is CC(C)(C)OC(=O)O.CO.N.N.O=[N+]([O-])O.[Cl-].[Pt+4].c1ccc2c(c1)cnc1ccccc12. The van der Waals surface area contributed by atoms with Crippen LogP contribution >= 0.6 is 0 Å². The fourth-order valence-corrected chi connectivity index (χ4v) is 2.07. The first-order chi connectivity index (χ1) is 13.1. The number of aliphatic hydroxyl groups excluding tert-OH is 1. The number of halogens is 1. The van der Waals surface area contributed by atoms with Crippen molar-refractivity contribution in [3.05, 3.63) is 64.8 Å². The van der Waals surface area contributed by atoms with Crippen LogP contribution in [-0.4, -0.2) is 44.4 Å². The molecule has 0 saturated carbocycles. The first-order valence-electron chi connectivity index (χ1n) is 8.02. The maximum atomic E-state index is 9.79. The quantitative estimate of drug-likeness (QED) is 0.102. The molecule has 0 aliphatic carbocycles. The van der Waals surface area contributed by atoms with Crippen LogP contribution in [-0.2, 0) is 25.8 Å². The maximum absolute atomic E-state index is 9.79. The van der Waals surface area contributed by atoms with Gasteiger partial charge >= 0.3 is 27.2 Å². The Bertz CT molecular complexity index is 853. The Balaban J connectivity index is -0.000000119. The van der Waals surface area contributed by atoms with Gasteiger partial charge < -0.3 is 44.9 Å². The third-order valence-electron chi connectivity index (χ3n) is 2.89. The van der Waals surface area contributed by atoms with E-state index in [1.54, 1.807) is 20.8 Å². The molecule has 0 amide bonds.